The van der Waals surface area contributed by atoms with E-state index in [1.165, 1.54) is 13.3 Å². The Labute approximate surface area is 200 Å². The molecular weight excluding hydrogens is 458 g/mol. The van der Waals surface area contributed by atoms with Crippen molar-refractivity contribution in [2.75, 3.05) is 13.7 Å². The number of nitrogens with one attached hydrogen (secondary N) is 1. The summed E-state index contributed by atoms with van der Waals surface area (Å²) in [5, 5.41) is 3.21. The van der Waals surface area contributed by atoms with Crippen molar-refractivity contribution < 1.29 is 23.8 Å². The van der Waals surface area contributed by atoms with E-state index in [9.17, 15) is 9.59 Å². The fourth-order valence-electron chi connectivity index (χ4n) is 3.13. The molecule has 0 aliphatic carbocycles. The van der Waals surface area contributed by atoms with E-state index in [1.807, 2.05) is 6.07 Å². The van der Waals surface area contributed by atoms with Gasteiger partial charge in [0.15, 0.2) is 12.6 Å². The van der Waals surface area contributed by atoms with Gasteiger partial charge in [-0.15, -0.1) is 0 Å². The van der Waals surface area contributed by atoms with Crippen LogP contribution in [-0.2, 0) is 14.3 Å². The van der Waals surface area contributed by atoms with Gasteiger partial charge in [0.05, 0.1) is 24.3 Å². The summed E-state index contributed by atoms with van der Waals surface area (Å²) in [5.41, 5.74) is 1.95. The number of amides is 1. The number of nitrogens with zero attached hydrogens (tertiary/aromatic N) is 2. The number of rotatable bonds is 8. The van der Waals surface area contributed by atoms with Crippen molar-refractivity contribution in [1.82, 2.24) is 15.3 Å². The molecule has 0 fully saturated rings. The summed E-state index contributed by atoms with van der Waals surface area (Å²) < 4.78 is 16.1. The molecule has 0 aliphatic heterocycles. The Kier molecular flexibility index (Phi) is 7.19. The van der Waals surface area contributed by atoms with Crippen LogP contribution in [-0.4, -0.2) is 35.6 Å². The van der Waals surface area contributed by atoms with Crippen LogP contribution >= 0.6 is 11.6 Å². The highest BCUT2D eigenvalue weighted by atomic mass is 35.5. The highest BCUT2D eigenvalue weighted by Crippen LogP contribution is 2.24. The molecular formula is C25H20ClN3O5. The molecule has 4 aromatic rings. The Balaban J connectivity index is 1.34. The molecule has 0 aliphatic rings. The second-order valence-electron chi connectivity index (χ2n) is 7.14. The van der Waals surface area contributed by atoms with Crippen LogP contribution in [0.3, 0.4) is 0 Å². The number of methoxy groups -OCH3 is 1. The second-order valence-corrected chi connectivity index (χ2v) is 7.57. The normalized spacial score (nSPS) is 11.5. The number of hydrogen-bond acceptors (Lipinski definition) is 7. The third-order valence-corrected chi connectivity index (χ3v) is 5.01. The zero-order valence-electron chi connectivity index (χ0n) is 18.1. The van der Waals surface area contributed by atoms with E-state index in [4.69, 9.17) is 25.8 Å². The first-order valence-corrected chi connectivity index (χ1v) is 10.6. The van der Waals surface area contributed by atoms with Crippen molar-refractivity contribution in [2.45, 2.75) is 6.04 Å². The minimum atomic E-state index is -0.919. The number of carbonyl (C=O) groups excluding carboxylic acids is 2. The van der Waals surface area contributed by atoms with Gasteiger partial charge in [-0.05, 0) is 48.0 Å². The third-order valence-electron chi connectivity index (χ3n) is 4.77. The highest BCUT2D eigenvalue weighted by molar-refractivity contribution is 6.31. The summed E-state index contributed by atoms with van der Waals surface area (Å²) in [5.74, 6) is 0.273. The van der Waals surface area contributed by atoms with Crippen molar-refractivity contribution in [3.8, 4) is 17.4 Å². The Morgan fingerprint density at radius 3 is 2.44 bits per heavy atom. The number of esters is 1. The van der Waals surface area contributed by atoms with Gasteiger partial charge in [0.1, 0.15) is 11.5 Å². The van der Waals surface area contributed by atoms with Gasteiger partial charge in [-0.1, -0.05) is 41.9 Å². The molecule has 0 spiro atoms. The lowest BCUT2D eigenvalue weighted by Gasteiger charge is -2.17. The number of hydrogen-bond donors (Lipinski definition) is 1. The standard InChI is InChI=1S/C25H20ClN3O5/c1-32-25(31)24(16-5-3-2-4-6-16)29-22(30)15-33-18-8-10-19(11-9-18)34-23-14-27-21-13-17(26)7-12-20(21)28-23/h2-14,24H,15H2,1H3,(H,29,30). The molecule has 3 aromatic carbocycles. The summed E-state index contributed by atoms with van der Waals surface area (Å²) in [7, 11) is 1.27. The number of fused-ring (bicyclic) bond motifs is 1. The van der Waals surface area contributed by atoms with Gasteiger partial charge in [0.25, 0.3) is 5.91 Å². The van der Waals surface area contributed by atoms with Gasteiger partial charge in [-0.25, -0.2) is 14.8 Å². The highest BCUT2D eigenvalue weighted by Gasteiger charge is 2.23. The summed E-state index contributed by atoms with van der Waals surface area (Å²) in [4.78, 5) is 33.2. The summed E-state index contributed by atoms with van der Waals surface area (Å²) in [6.07, 6.45) is 1.51. The summed E-state index contributed by atoms with van der Waals surface area (Å²) in [6, 6.07) is 19.8. The molecule has 1 heterocycles. The van der Waals surface area contributed by atoms with E-state index >= 15 is 0 Å². The van der Waals surface area contributed by atoms with E-state index in [0.717, 1.165) is 0 Å². The maximum absolute atomic E-state index is 12.4. The van der Waals surface area contributed by atoms with E-state index in [2.05, 4.69) is 15.3 Å². The van der Waals surface area contributed by atoms with Crippen LogP contribution in [0.5, 0.6) is 17.4 Å². The quantitative estimate of drug-likeness (QED) is 0.373. The SMILES string of the molecule is COC(=O)C(NC(=O)COc1ccc(Oc2cnc3cc(Cl)ccc3n2)cc1)c1ccccc1. The van der Waals surface area contributed by atoms with Crippen molar-refractivity contribution in [1.29, 1.82) is 0 Å². The minimum absolute atomic E-state index is 0.279. The molecule has 0 saturated carbocycles. The van der Waals surface area contributed by atoms with Crippen LogP contribution in [0.2, 0.25) is 5.02 Å². The average molecular weight is 478 g/mol. The lowest BCUT2D eigenvalue weighted by Crippen LogP contribution is -2.37. The Bertz CT molecular complexity index is 1300. The summed E-state index contributed by atoms with van der Waals surface area (Å²) >= 11 is 5.97. The van der Waals surface area contributed by atoms with E-state index < -0.39 is 17.9 Å². The largest absolute Gasteiger partial charge is 0.484 e. The van der Waals surface area contributed by atoms with Crippen LogP contribution in [0, 0.1) is 0 Å². The maximum atomic E-state index is 12.4. The van der Waals surface area contributed by atoms with Crippen molar-refractivity contribution in [3.63, 3.8) is 0 Å². The number of carbonyl (C=O) groups is 2. The van der Waals surface area contributed by atoms with E-state index in [-0.39, 0.29) is 6.61 Å². The fourth-order valence-corrected chi connectivity index (χ4v) is 3.30. The lowest BCUT2D eigenvalue weighted by atomic mass is 10.1. The number of halogens is 1. The van der Waals surface area contributed by atoms with Gasteiger partial charge in [0.2, 0.25) is 5.88 Å². The van der Waals surface area contributed by atoms with Gasteiger partial charge in [0, 0.05) is 5.02 Å². The number of benzene rings is 3. The van der Waals surface area contributed by atoms with Gasteiger partial charge < -0.3 is 19.5 Å². The average Bonchev–Trinajstić information content (AvgIpc) is 2.87. The Morgan fingerprint density at radius 1 is 0.971 bits per heavy atom. The van der Waals surface area contributed by atoms with Gasteiger partial charge in [-0.3, -0.25) is 4.79 Å². The molecule has 4 rings (SSSR count). The van der Waals surface area contributed by atoms with Crippen LogP contribution in [0.4, 0.5) is 0 Å². The fraction of sp³-hybridized carbons (Fsp3) is 0.120. The molecule has 1 atom stereocenters. The first kappa shape index (κ1) is 23.0. The molecule has 1 N–H and O–H groups in total. The first-order valence-electron chi connectivity index (χ1n) is 10.3. The monoisotopic (exact) mass is 477 g/mol. The zero-order valence-corrected chi connectivity index (χ0v) is 18.9. The molecule has 1 amide bonds. The van der Waals surface area contributed by atoms with Crippen molar-refractivity contribution in [3.05, 3.63) is 89.6 Å². The molecule has 1 aromatic heterocycles. The minimum Gasteiger partial charge on any atom is -0.484 e. The van der Waals surface area contributed by atoms with Crippen LogP contribution in [0.1, 0.15) is 11.6 Å². The zero-order chi connectivity index (χ0) is 23.9. The molecule has 34 heavy (non-hydrogen) atoms. The Morgan fingerprint density at radius 2 is 1.71 bits per heavy atom. The van der Waals surface area contributed by atoms with E-state index in [0.29, 0.717) is 39.0 Å². The van der Waals surface area contributed by atoms with Gasteiger partial charge >= 0.3 is 5.97 Å². The van der Waals surface area contributed by atoms with Crippen LogP contribution in [0.25, 0.3) is 11.0 Å². The van der Waals surface area contributed by atoms with Crippen LogP contribution in [0.15, 0.2) is 79.0 Å². The number of ether oxygens (including phenoxy) is 3. The predicted molar refractivity (Wildman–Crippen MR) is 126 cm³/mol. The first-order chi connectivity index (χ1) is 16.5. The van der Waals surface area contributed by atoms with Crippen LogP contribution < -0.4 is 14.8 Å². The molecule has 1 unspecified atom stereocenters. The molecule has 9 heteroatoms. The molecule has 172 valence electrons. The smallest absolute Gasteiger partial charge is 0.333 e. The van der Waals surface area contributed by atoms with Crippen molar-refractivity contribution >= 4 is 34.5 Å². The number of aromatic nitrogens is 2. The molecule has 0 radical (unpaired) electrons. The Hall–Kier alpha value is -4.17. The third kappa shape index (κ3) is 5.79. The predicted octanol–water partition coefficient (Wildman–Crippen LogP) is 4.48. The topological polar surface area (TPSA) is 99.6 Å². The van der Waals surface area contributed by atoms with Crippen molar-refractivity contribution in [2.24, 2.45) is 0 Å². The maximum Gasteiger partial charge on any atom is 0.333 e. The second kappa shape index (κ2) is 10.6. The molecule has 8 nitrogen and oxygen atoms in total. The van der Waals surface area contributed by atoms with E-state index in [1.54, 1.807) is 66.7 Å². The summed E-state index contributed by atoms with van der Waals surface area (Å²) in [6.45, 7) is -0.279. The molecule has 0 bridgehead atoms. The van der Waals surface area contributed by atoms with Gasteiger partial charge in [-0.2, -0.15) is 0 Å². The molecule has 0 saturated heterocycles. The lowest BCUT2D eigenvalue weighted by molar-refractivity contribution is -0.145.